The van der Waals surface area contributed by atoms with E-state index in [0.29, 0.717) is 5.03 Å². The smallest absolute Gasteiger partial charge is 0.116 e. The van der Waals surface area contributed by atoms with E-state index in [2.05, 4.69) is 13.3 Å². The van der Waals surface area contributed by atoms with E-state index in [0.717, 1.165) is 25.2 Å². The Morgan fingerprint density at radius 2 is 2.38 bits per heavy atom. The predicted octanol–water partition coefficient (Wildman–Crippen LogP) is 3.68. The third kappa shape index (κ3) is 4.37. The molecule has 0 aromatic rings. The van der Waals surface area contributed by atoms with E-state index in [4.69, 9.17) is 16.3 Å². The summed E-state index contributed by atoms with van der Waals surface area (Å²) in [5, 5.41) is 0.660. The maximum absolute atomic E-state index is 5.78. The molecule has 0 N–H and O–H groups in total. The largest absolute Gasteiger partial charge is 0.494 e. The lowest BCUT2D eigenvalue weighted by Crippen LogP contribution is -1.96. The van der Waals surface area contributed by atoms with Crippen LogP contribution in [0.1, 0.15) is 32.6 Å². The fourth-order valence-corrected chi connectivity index (χ4v) is 1.31. The Labute approximate surface area is 85.4 Å². The van der Waals surface area contributed by atoms with Crippen LogP contribution < -0.4 is 0 Å². The number of unbranched alkanes of at least 4 members (excludes halogenated alkanes) is 2. The van der Waals surface area contributed by atoms with Crippen LogP contribution >= 0.6 is 11.6 Å². The highest BCUT2D eigenvalue weighted by molar-refractivity contribution is 6.31. The lowest BCUT2D eigenvalue weighted by molar-refractivity contribution is 0.216. The molecular formula is C11H15ClO. The summed E-state index contributed by atoms with van der Waals surface area (Å²) in [5.41, 5.74) is 0. The summed E-state index contributed by atoms with van der Waals surface area (Å²) in [6.07, 6.45) is 11.1. The number of rotatable bonds is 5. The van der Waals surface area contributed by atoms with Crippen LogP contribution in [0.2, 0.25) is 0 Å². The van der Waals surface area contributed by atoms with Gasteiger partial charge in [0.1, 0.15) is 5.76 Å². The van der Waals surface area contributed by atoms with E-state index in [1.54, 1.807) is 0 Å². The van der Waals surface area contributed by atoms with Gasteiger partial charge in [0.15, 0.2) is 0 Å². The van der Waals surface area contributed by atoms with Crippen molar-refractivity contribution in [1.29, 1.82) is 0 Å². The van der Waals surface area contributed by atoms with Crippen molar-refractivity contribution < 1.29 is 4.74 Å². The van der Waals surface area contributed by atoms with Crippen molar-refractivity contribution in [2.45, 2.75) is 32.6 Å². The first-order valence-electron chi connectivity index (χ1n) is 4.77. The van der Waals surface area contributed by atoms with Crippen molar-refractivity contribution in [1.82, 2.24) is 0 Å². The van der Waals surface area contributed by atoms with Crippen molar-refractivity contribution in [3.63, 3.8) is 0 Å². The summed E-state index contributed by atoms with van der Waals surface area (Å²) in [7, 11) is 0. The SMILES string of the molecule is CCCCCOC1=CC[C]C(Cl)=C1. The molecule has 72 valence electrons. The molecule has 0 aromatic heterocycles. The second-order valence-corrected chi connectivity index (χ2v) is 3.44. The van der Waals surface area contributed by atoms with Crippen molar-refractivity contribution in [2.75, 3.05) is 6.61 Å². The molecule has 2 heteroatoms. The molecule has 0 amide bonds. The first kappa shape index (κ1) is 10.6. The third-order valence-electron chi connectivity index (χ3n) is 1.86. The maximum atomic E-state index is 5.78. The molecule has 2 radical (unpaired) electrons. The molecule has 1 nitrogen and oxygen atoms in total. The lowest BCUT2D eigenvalue weighted by atomic mass is 10.2. The van der Waals surface area contributed by atoms with Gasteiger partial charge in [-0.2, -0.15) is 0 Å². The van der Waals surface area contributed by atoms with Crippen LogP contribution in [0.25, 0.3) is 0 Å². The maximum Gasteiger partial charge on any atom is 0.116 e. The van der Waals surface area contributed by atoms with Gasteiger partial charge in [-0.05, 0) is 25.0 Å². The summed E-state index contributed by atoms with van der Waals surface area (Å²) >= 11 is 5.78. The van der Waals surface area contributed by atoms with Crippen LogP contribution in [0, 0.1) is 6.42 Å². The molecule has 1 aliphatic carbocycles. The molecule has 0 spiro atoms. The summed E-state index contributed by atoms with van der Waals surface area (Å²) in [5.74, 6) is 0.889. The van der Waals surface area contributed by atoms with Gasteiger partial charge >= 0.3 is 0 Å². The Hall–Kier alpha value is -0.430. The van der Waals surface area contributed by atoms with Crippen LogP contribution in [0.5, 0.6) is 0 Å². The van der Waals surface area contributed by atoms with E-state index in [9.17, 15) is 0 Å². The minimum atomic E-state index is 0.660. The van der Waals surface area contributed by atoms with Gasteiger partial charge in [0, 0.05) is 11.5 Å². The van der Waals surface area contributed by atoms with Gasteiger partial charge in [-0.15, -0.1) is 0 Å². The van der Waals surface area contributed by atoms with Gasteiger partial charge in [-0.25, -0.2) is 0 Å². The Bertz CT molecular complexity index is 206. The molecular weight excluding hydrogens is 184 g/mol. The van der Waals surface area contributed by atoms with E-state index in [1.807, 2.05) is 12.2 Å². The Morgan fingerprint density at radius 3 is 3.08 bits per heavy atom. The normalized spacial score (nSPS) is 16.5. The molecule has 0 bridgehead atoms. The van der Waals surface area contributed by atoms with E-state index in [1.165, 1.54) is 12.8 Å². The molecule has 0 unspecified atom stereocenters. The second kappa shape index (κ2) is 6.09. The van der Waals surface area contributed by atoms with Crippen molar-refractivity contribution in [3.8, 4) is 0 Å². The van der Waals surface area contributed by atoms with Crippen LogP contribution in [-0.4, -0.2) is 6.61 Å². The monoisotopic (exact) mass is 198 g/mol. The van der Waals surface area contributed by atoms with E-state index < -0.39 is 0 Å². The first-order chi connectivity index (χ1) is 6.33. The topological polar surface area (TPSA) is 9.23 Å². The summed E-state index contributed by atoms with van der Waals surface area (Å²) in [6, 6.07) is 0. The second-order valence-electron chi connectivity index (χ2n) is 3.04. The minimum Gasteiger partial charge on any atom is -0.494 e. The number of hydrogen-bond acceptors (Lipinski definition) is 1. The van der Waals surface area contributed by atoms with E-state index >= 15 is 0 Å². The average Bonchev–Trinajstić information content (AvgIpc) is 2.13. The quantitative estimate of drug-likeness (QED) is 0.613. The summed E-state index contributed by atoms with van der Waals surface area (Å²) in [6.45, 7) is 2.97. The predicted molar refractivity (Wildman–Crippen MR) is 55.4 cm³/mol. The van der Waals surface area contributed by atoms with E-state index in [-0.39, 0.29) is 0 Å². The molecule has 0 atom stereocenters. The molecule has 1 aliphatic rings. The zero-order chi connectivity index (χ0) is 9.52. The number of ether oxygens (including phenoxy) is 1. The van der Waals surface area contributed by atoms with Crippen LogP contribution in [0.4, 0.5) is 0 Å². The molecule has 0 heterocycles. The van der Waals surface area contributed by atoms with Gasteiger partial charge in [0.2, 0.25) is 0 Å². The number of hydrogen-bond donors (Lipinski definition) is 0. The highest BCUT2D eigenvalue weighted by atomic mass is 35.5. The third-order valence-corrected chi connectivity index (χ3v) is 2.10. The average molecular weight is 199 g/mol. The molecule has 0 saturated heterocycles. The van der Waals surface area contributed by atoms with Crippen molar-refractivity contribution in [2.24, 2.45) is 0 Å². The molecule has 0 fully saturated rings. The molecule has 13 heavy (non-hydrogen) atoms. The van der Waals surface area contributed by atoms with Crippen LogP contribution in [0.15, 0.2) is 22.9 Å². The Kier molecular flexibility index (Phi) is 4.99. The van der Waals surface area contributed by atoms with Crippen LogP contribution in [0.3, 0.4) is 0 Å². The Balaban J connectivity index is 2.18. The standard InChI is InChI=1S/C11H15ClO/c1-2-3-4-8-13-11-7-5-6-10(12)9-11/h7,9H,2-5,8H2,1H3. The van der Waals surface area contributed by atoms with Gasteiger partial charge in [-0.1, -0.05) is 31.4 Å². The lowest BCUT2D eigenvalue weighted by Gasteiger charge is -2.10. The first-order valence-corrected chi connectivity index (χ1v) is 5.14. The van der Waals surface area contributed by atoms with Gasteiger partial charge in [-0.3, -0.25) is 0 Å². The fourth-order valence-electron chi connectivity index (χ4n) is 1.13. The van der Waals surface area contributed by atoms with Gasteiger partial charge < -0.3 is 4.74 Å². The highest BCUT2D eigenvalue weighted by Crippen LogP contribution is 2.19. The molecule has 0 aliphatic heterocycles. The fraction of sp³-hybridized carbons (Fsp3) is 0.545. The minimum absolute atomic E-state index is 0.660. The number of allylic oxidation sites excluding steroid dienone is 3. The summed E-state index contributed by atoms with van der Waals surface area (Å²) < 4.78 is 5.52. The molecule has 1 rings (SSSR count). The molecule has 0 aromatic carbocycles. The number of halogens is 1. The van der Waals surface area contributed by atoms with Gasteiger partial charge in [0.25, 0.3) is 0 Å². The zero-order valence-electron chi connectivity index (χ0n) is 7.98. The Morgan fingerprint density at radius 1 is 1.54 bits per heavy atom. The van der Waals surface area contributed by atoms with Crippen molar-refractivity contribution in [3.05, 3.63) is 29.4 Å². The summed E-state index contributed by atoms with van der Waals surface area (Å²) in [4.78, 5) is 0. The zero-order valence-corrected chi connectivity index (χ0v) is 8.73. The van der Waals surface area contributed by atoms with Crippen LogP contribution in [-0.2, 0) is 4.74 Å². The highest BCUT2D eigenvalue weighted by Gasteiger charge is 2.04. The van der Waals surface area contributed by atoms with Gasteiger partial charge in [0.05, 0.1) is 6.61 Å². The molecule has 0 saturated carbocycles. The van der Waals surface area contributed by atoms with Crippen molar-refractivity contribution >= 4 is 11.6 Å².